The lowest BCUT2D eigenvalue weighted by atomic mass is 10.3. The molecular weight excluding hydrogens is 375 g/mol. The number of nitrogens with zero attached hydrogens (tertiary/aromatic N) is 7. The number of halogens is 2. The Labute approximate surface area is 161 Å². The van der Waals surface area contributed by atoms with Gasteiger partial charge in [-0.2, -0.15) is 5.10 Å². The Morgan fingerprint density at radius 3 is 2.46 bits per heavy atom. The van der Waals surface area contributed by atoms with Crippen LogP contribution in [0.2, 0.25) is 10.3 Å². The molecule has 4 heterocycles. The highest BCUT2D eigenvalue weighted by Crippen LogP contribution is 2.27. The first-order valence-corrected chi connectivity index (χ1v) is 9.22. The zero-order valence-corrected chi connectivity index (χ0v) is 16.2. The van der Waals surface area contributed by atoms with Gasteiger partial charge in [-0.15, -0.1) is 0 Å². The average molecular weight is 395 g/mol. The van der Waals surface area contributed by atoms with E-state index in [0.717, 1.165) is 54.9 Å². The Morgan fingerprint density at radius 2 is 1.73 bits per heavy atom. The predicted octanol–water partition coefficient (Wildman–Crippen LogP) is 3.57. The fourth-order valence-electron chi connectivity index (χ4n) is 2.65. The molecule has 0 aliphatic carbocycles. The van der Waals surface area contributed by atoms with Gasteiger partial charge < -0.3 is 5.43 Å². The van der Waals surface area contributed by atoms with Crippen molar-refractivity contribution < 1.29 is 0 Å². The lowest BCUT2D eigenvalue weighted by molar-refractivity contribution is 0.343. The molecule has 0 unspecified atom stereocenters. The summed E-state index contributed by atoms with van der Waals surface area (Å²) in [6.07, 6.45) is 6.76. The SMILES string of the molecule is CCCN1Cc2c(Cl)ncnc2N1.CCCn1ncc2c(Cl)ncnc21. The quantitative estimate of drug-likeness (QED) is 0.676. The summed E-state index contributed by atoms with van der Waals surface area (Å²) in [4.78, 5) is 16.0. The summed E-state index contributed by atoms with van der Waals surface area (Å²) in [5, 5.41) is 8.10. The standard InChI is InChI=1S/C8H11ClN4.C8H9ClN4/c1-2-3-13-4-6-7(9)10-5-11-8(6)12-13;1-2-3-13-8-6(4-12-13)7(9)10-5-11-8/h5H,2-4H2,1H3,(H,10,11,12);4-5H,2-3H2,1H3. The fourth-order valence-corrected chi connectivity index (χ4v) is 3.02. The molecule has 1 aliphatic heterocycles. The molecule has 4 rings (SSSR count). The number of hydrogen-bond donors (Lipinski definition) is 1. The van der Waals surface area contributed by atoms with E-state index in [2.05, 4.69) is 49.3 Å². The first-order chi connectivity index (χ1) is 12.6. The lowest BCUT2D eigenvalue weighted by Crippen LogP contribution is -2.24. The highest BCUT2D eigenvalue weighted by atomic mass is 35.5. The number of aromatic nitrogens is 6. The summed E-state index contributed by atoms with van der Waals surface area (Å²) in [6.45, 7) is 6.88. The molecule has 8 nitrogen and oxygen atoms in total. The Kier molecular flexibility index (Phi) is 6.18. The third-order valence-electron chi connectivity index (χ3n) is 3.82. The number of hydrogen-bond acceptors (Lipinski definition) is 7. The highest BCUT2D eigenvalue weighted by molar-refractivity contribution is 6.33. The van der Waals surface area contributed by atoms with Crippen molar-refractivity contribution in [2.75, 3.05) is 12.0 Å². The van der Waals surface area contributed by atoms with E-state index in [9.17, 15) is 0 Å². The summed E-state index contributed by atoms with van der Waals surface area (Å²) < 4.78 is 1.84. The van der Waals surface area contributed by atoms with Gasteiger partial charge in [0.1, 0.15) is 28.8 Å². The Bertz CT molecular complexity index is 882. The molecule has 0 fully saturated rings. The summed E-state index contributed by atoms with van der Waals surface area (Å²) in [7, 11) is 0. The van der Waals surface area contributed by atoms with Crippen LogP contribution in [0.5, 0.6) is 0 Å². The number of rotatable bonds is 4. The molecular formula is C16H20Cl2N8. The summed E-state index contributed by atoms with van der Waals surface area (Å²) in [5.41, 5.74) is 4.98. The van der Waals surface area contributed by atoms with Crippen LogP contribution in [0.15, 0.2) is 18.9 Å². The maximum atomic E-state index is 5.92. The molecule has 1 N–H and O–H groups in total. The molecule has 0 aromatic carbocycles. The molecule has 26 heavy (non-hydrogen) atoms. The van der Waals surface area contributed by atoms with Gasteiger partial charge in [-0.25, -0.2) is 29.6 Å². The Balaban J connectivity index is 0.000000151. The van der Waals surface area contributed by atoms with Crippen molar-refractivity contribution >= 4 is 40.1 Å². The minimum absolute atomic E-state index is 0.465. The molecule has 10 heteroatoms. The first kappa shape index (κ1) is 18.8. The Hall–Kier alpha value is -2.03. The van der Waals surface area contributed by atoms with Crippen molar-refractivity contribution in [3.63, 3.8) is 0 Å². The molecule has 138 valence electrons. The molecule has 0 amide bonds. The molecule has 0 radical (unpaired) electrons. The second kappa shape index (κ2) is 8.57. The van der Waals surface area contributed by atoms with Gasteiger partial charge in [0.05, 0.1) is 11.6 Å². The van der Waals surface area contributed by atoms with Crippen molar-refractivity contribution in [2.24, 2.45) is 0 Å². The summed E-state index contributed by atoms with van der Waals surface area (Å²) in [5.74, 6) is 0.841. The second-order valence-electron chi connectivity index (χ2n) is 5.79. The fraction of sp³-hybridized carbons (Fsp3) is 0.438. The van der Waals surface area contributed by atoms with Gasteiger partial charge in [0.25, 0.3) is 0 Å². The van der Waals surface area contributed by atoms with Gasteiger partial charge in [0.15, 0.2) is 5.65 Å². The monoisotopic (exact) mass is 394 g/mol. The third-order valence-corrected chi connectivity index (χ3v) is 4.45. The lowest BCUT2D eigenvalue weighted by Gasteiger charge is -2.13. The third kappa shape index (κ3) is 4.03. The van der Waals surface area contributed by atoms with Crippen molar-refractivity contribution in [1.29, 1.82) is 0 Å². The molecule has 0 saturated heterocycles. The molecule has 3 aromatic heterocycles. The van der Waals surface area contributed by atoms with Gasteiger partial charge >= 0.3 is 0 Å². The van der Waals surface area contributed by atoms with Crippen LogP contribution in [0.25, 0.3) is 11.0 Å². The minimum atomic E-state index is 0.465. The van der Waals surface area contributed by atoms with Crippen LogP contribution in [0.4, 0.5) is 5.82 Å². The molecule has 3 aromatic rings. The van der Waals surface area contributed by atoms with Gasteiger partial charge in [0, 0.05) is 25.2 Å². The average Bonchev–Trinajstić information content (AvgIpc) is 3.22. The van der Waals surface area contributed by atoms with Crippen molar-refractivity contribution in [3.8, 4) is 0 Å². The van der Waals surface area contributed by atoms with E-state index in [1.807, 2.05) is 4.68 Å². The van der Waals surface area contributed by atoms with E-state index in [0.29, 0.717) is 10.3 Å². The second-order valence-corrected chi connectivity index (χ2v) is 6.51. The first-order valence-electron chi connectivity index (χ1n) is 8.47. The van der Waals surface area contributed by atoms with Crippen LogP contribution in [-0.4, -0.2) is 41.3 Å². The van der Waals surface area contributed by atoms with Crippen molar-refractivity contribution in [1.82, 2.24) is 34.7 Å². The van der Waals surface area contributed by atoms with Gasteiger partial charge in [-0.05, 0) is 12.8 Å². The largest absolute Gasteiger partial charge is 0.302 e. The molecule has 0 atom stereocenters. The van der Waals surface area contributed by atoms with E-state index in [1.165, 1.54) is 12.7 Å². The highest BCUT2D eigenvalue weighted by Gasteiger charge is 2.21. The van der Waals surface area contributed by atoms with Crippen LogP contribution in [-0.2, 0) is 13.1 Å². The van der Waals surface area contributed by atoms with Gasteiger partial charge in [0.2, 0.25) is 0 Å². The van der Waals surface area contributed by atoms with Crippen molar-refractivity contribution in [3.05, 3.63) is 34.7 Å². The maximum Gasteiger partial charge on any atom is 0.162 e. The Morgan fingerprint density at radius 1 is 1.00 bits per heavy atom. The smallest absolute Gasteiger partial charge is 0.162 e. The number of fused-ring (bicyclic) bond motifs is 2. The van der Waals surface area contributed by atoms with E-state index in [1.54, 1.807) is 6.20 Å². The van der Waals surface area contributed by atoms with Gasteiger partial charge in [-0.3, -0.25) is 0 Å². The molecule has 0 saturated carbocycles. The van der Waals surface area contributed by atoms with E-state index < -0.39 is 0 Å². The normalized spacial score (nSPS) is 13.2. The van der Waals surface area contributed by atoms with Crippen LogP contribution in [0.1, 0.15) is 32.3 Å². The number of hydrazine groups is 1. The molecule has 0 bridgehead atoms. The van der Waals surface area contributed by atoms with Crippen LogP contribution >= 0.6 is 23.2 Å². The minimum Gasteiger partial charge on any atom is -0.302 e. The van der Waals surface area contributed by atoms with E-state index in [4.69, 9.17) is 23.2 Å². The number of aryl methyl sites for hydroxylation is 1. The molecule has 1 aliphatic rings. The van der Waals surface area contributed by atoms with E-state index in [-0.39, 0.29) is 0 Å². The van der Waals surface area contributed by atoms with E-state index >= 15 is 0 Å². The van der Waals surface area contributed by atoms with Crippen LogP contribution < -0.4 is 5.43 Å². The summed E-state index contributed by atoms with van der Waals surface area (Å²) in [6, 6.07) is 0. The van der Waals surface area contributed by atoms with Crippen LogP contribution in [0, 0.1) is 0 Å². The molecule has 0 spiro atoms. The zero-order valence-electron chi connectivity index (χ0n) is 14.7. The van der Waals surface area contributed by atoms with Gasteiger partial charge in [-0.1, -0.05) is 37.0 Å². The van der Waals surface area contributed by atoms with Crippen LogP contribution in [0.3, 0.4) is 0 Å². The van der Waals surface area contributed by atoms with Crippen molar-refractivity contribution in [2.45, 2.75) is 39.8 Å². The zero-order chi connectivity index (χ0) is 18.5. The predicted molar refractivity (Wildman–Crippen MR) is 102 cm³/mol. The maximum absolute atomic E-state index is 5.92. The number of anilines is 1. The number of nitrogens with one attached hydrogen (secondary N) is 1. The topological polar surface area (TPSA) is 84.7 Å². The summed E-state index contributed by atoms with van der Waals surface area (Å²) >= 11 is 11.8.